The second-order valence-corrected chi connectivity index (χ2v) is 11.7. The summed E-state index contributed by atoms with van der Waals surface area (Å²) in [6.45, 7) is 4.07. The van der Waals surface area contributed by atoms with E-state index in [9.17, 15) is 21.6 Å². The molecule has 1 heterocycles. The summed E-state index contributed by atoms with van der Waals surface area (Å²) >= 11 is 0. The minimum Gasteiger partial charge on any atom is -0.322 e. The molecular formula is C20H23NO5S2. The van der Waals surface area contributed by atoms with Crippen molar-refractivity contribution in [1.82, 2.24) is 0 Å². The van der Waals surface area contributed by atoms with Crippen LogP contribution >= 0.6 is 0 Å². The summed E-state index contributed by atoms with van der Waals surface area (Å²) in [5.41, 5.74) is 2.06. The topological polar surface area (TPSA) is 97.4 Å². The van der Waals surface area contributed by atoms with Crippen molar-refractivity contribution in [2.45, 2.75) is 36.3 Å². The second kappa shape index (κ2) is 7.67. The van der Waals surface area contributed by atoms with Gasteiger partial charge < -0.3 is 5.32 Å². The highest BCUT2D eigenvalue weighted by atomic mass is 32.2. The van der Waals surface area contributed by atoms with E-state index < -0.39 is 24.9 Å². The molecule has 1 aliphatic rings. The molecule has 150 valence electrons. The summed E-state index contributed by atoms with van der Waals surface area (Å²) in [6.07, 6.45) is 0.110. The third-order valence-electron chi connectivity index (χ3n) is 4.91. The smallest absolute Gasteiger partial charge is 0.255 e. The Bertz CT molecular complexity index is 1090. The zero-order valence-corrected chi connectivity index (χ0v) is 17.4. The van der Waals surface area contributed by atoms with Crippen LogP contribution in [0.2, 0.25) is 0 Å². The molecule has 1 atom stereocenters. The van der Waals surface area contributed by atoms with Crippen molar-refractivity contribution in [3.63, 3.8) is 0 Å². The lowest BCUT2D eigenvalue weighted by Gasteiger charge is -2.14. The van der Waals surface area contributed by atoms with E-state index in [0.29, 0.717) is 5.56 Å². The van der Waals surface area contributed by atoms with Crippen LogP contribution < -0.4 is 5.32 Å². The first-order chi connectivity index (χ1) is 13.1. The Kier molecular flexibility index (Phi) is 5.63. The Morgan fingerprint density at radius 3 is 2.29 bits per heavy atom. The Labute approximate surface area is 165 Å². The Morgan fingerprint density at radius 2 is 1.71 bits per heavy atom. The highest BCUT2D eigenvalue weighted by Gasteiger charge is 2.38. The summed E-state index contributed by atoms with van der Waals surface area (Å²) in [5.74, 6) is -0.539. The van der Waals surface area contributed by atoms with Gasteiger partial charge in [0.15, 0.2) is 19.7 Å². The number of sulfone groups is 2. The average Bonchev–Trinajstić information content (AvgIpc) is 3.02. The minimum atomic E-state index is -3.74. The Morgan fingerprint density at radius 1 is 1.07 bits per heavy atom. The molecular weight excluding hydrogens is 398 g/mol. The van der Waals surface area contributed by atoms with Crippen LogP contribution in [0.25, 0.3) is 0 Å². The second-order valence-electron chi connectivity index (χ2n) is 7.29. The third-order valence-corrected chi connectivity index (χ3v) is 9.09. The van der Waals surface area contributed by atoms with E-state index in [1.54, 1.807) is 0 Å². The van der Waals surface area contributed by atoms with E-state index in [2.05, 4.69) is 5.32 Å². The van der Waals surface area contributed by atoms with Gasteiger partial charge >= 0.3 is 0 Å². The van der Waals surface area contributed by atoms with Crippen LogP contribution in [-0.4, -0.2) is 39.5 Å². The van der Waals surface area contributed by atoms with Gasteiger partial charge in [0.1, 0.15) is 0 Å². The quantitative estimate of drug-likeness (QED) is 0.800. The zero-order valence-electron chi connectivity index (χ0n) is 15.8. The molecule has 0 bridgehead atoms. The number of carbonyl (C=O) groups excluding carboxylic acids is 1. The Balaban J connectivity index is 1.79. The van der Waals surface area contributed by atoms with Crippen molar-refractivity contribution in [2.24, 2.45) is 0 Å². The summed E-state index contributed by atoms with van der Waals surface area (Å²) in [6, 6.07) is 13.2. The van der Waals surface area contributed by atoms with Gasteiger partial charge in [-0.15, -0.1) is 0 Å². The summed E-state index contributed by atoms with van der Waals surface area (Å²) < 4.78 is 48.5. The van der Waals surface area contributed by atoms with Gasteiger partial charge in [0.05, 0.1) is 21.7 Å². The first-order valence-corrected chi connectivity index (χ1v) is 12.4. The van der Waals surface area contributed by atoms with Gasteiger partial charge in [-0.05, 0) is 48.2 Å². The normalized spacial score (nSPS) is 18.9. The van der Waals surface area contributed by atoms with Crippen molar-refractivity contribution in [2.75, 3.05) is 16.8 Å². The van der Waals surface area contributed by atoms with Crippen LogP contribution in [0.5, 0.6) is 0 Å². The maximum atomic E-state index is 12.6. The standard InChI is InChI=1S/C20H23NO5S2/c1-14(2)18-5-3-4-6-19(18)21-20(22)15-7-9-16(10-8-15)28(25,26)17-11-12-27(23,24)13-17/h3-10,14,17H,11-13H2,1-2H3,(H,21,22). The van der Waals surface area contributed by atoms with Gasteiger partial charge in [-0.2, -0.15) is 0 Å². The summed E-state index contributed by atoms with van der Waals surface area (Å²) in [5, 5.41) is 1.94. The largest absolute Gasteiger partial charge is 0.322 e. The average molecular weight is 422 g/mol. The van der Waals surface area contributed by atoms with Gasteiger partial charge in [-0.1, -0.05) is 32.0 Å². The molecule has 0 saturated carbocycles. The molecule has 0 aromatic heterocycles. The van der Waals surface area contributed by atoms with Crippen LogP contribution in [0.1, 0.15) is 42.1 Å². The van der Waals surface area contributed by atoms with Crippen molar-refractivity contribution in [3.8, 4) is 0 Å². The summed E-state index contributed by atoms with van der Waals surface area (Å²) in [4.78, 5) is 12.6. The van der Waals surface area contributed by atoms with Gasteiger partial charge in [0.25, 0.3) is 5.91 Å². The molecule has 2 aromatic rings. The number of hydrogen-bond acceptors (Lipinski definition) is 5. The molecule has 1 saturated heterocycles. The van der Waals surface area contributed by atoms with E-state index in [-0.39, 0.29) is 34.6 Å². The van der Waals surface area contributed by atoms with Crippen molar-refractivity contribution in [3.05, 3.63) is 59.7 Å². The third kappa shape index (κ3) is 4.28. The van der Waals surface area contributed by atoms with Gasteiger partial charge in [0.2, 0.25) is 0 Å². The number of hydrogen-bond donors (Lipinski definition) is 1. The van der Waals surface area contributed by atoms with Crippen LogP contribution in [-0.2, 0) is 19.7 Å². The van der Waals surface area contributed by atoms with E-state index >= 15 is 0 Å². The molecule has 1 amide bonds. The molecule has 28 heavy (non-hydrogen) atoms. The number of nitrogens with one attached hydrogen (secondary N) is 1. The van der Waals surface area contributed by atoms with Crippen molar-refractivity contribution in [1.29, 1.82) is 0 Å². The first kappa shape index (κ1) is 20.5. The van der Waals surface area contributed by atoms with Crippen LogP contribution in [0.4, 0.5) is 5.69 Å². The van der Waals surface area contributed by atoms with E-state index in [0.717, 1.165) is 11.3 Å². The molecule has 2 aromatic carbocycles. The van der Waals surface area contributed by atoms with Gasteiger partial charge in [-0.3, -0.25) is 4.79 Å². The molecule has 8 heteroatoms. The highest BCUT2D eigenvalue weighted by molar-refractivity contribution is 7.96. The van der Waals surface area contributed by atoms with Crippen molar-refractivity contribution >= 4 is 31.3 Å². The SMILES string of the molecule is CC(C)c1ccccc1NC(=O)c1ccc(S(=O)(=O)C2CCS(=O)(=O)C2)cc1. The fourth-order valence-electron chi connectivity index (χ4n) is 3.30. The van der Waals surface area contributed by atoms with E-state index in [1.165, 1.54) is 24.3 Å². The number of anilines is 1. The van der Waals surface area contributed by atoms with E-state index in [4.69, 9.17) is 0 Å². The lowest BCUT2D eigenvalue weighted by molar-refractivity contribution is 0.102. The lowest BCUT2D eigenvalue weighted by atomic mass is 10.0. The number of carbonyl (C=O) groups is 1. The van der Waals surface area contributed by atoms with Crippen LogP contribution in [0, 0.1) is 0 Å². The number of rotatable bonds is 5. The van der Waals surface area contributed by atoms with E-state index in [1.807, 2.05) is 38.1 Å². The maximum Gasteiger partial charge on any atom is 0.255 e. The molecule has 0 aliphatic carbocycles. The van der Waals surface area contributed by atoms with Crippen LogP contribution in [0.15, 0.2) is 53.4 Å². The zero-order chi connectivity index (χ0) is 20.5. The first-order valence-electron chi connectivity index (χ1n) is 9.05. The predicted molar refractivity (Wildman–Crippen MR) is 109 cm³/mol. The molecule has 1 N–H and O–H groups in total. The number of para-hydroxylation sites is 1. The monoisotopic (exact) mass is 421 g/mol. The molecule has 1 unspecified atom stereocenters. The molecule has 0 spiro atoms. The molecule has 6 nitrogen and oxygen atoms in total. The highest BCUT2D eigenvalue weighted by Crippen LogP contribution is 2.27. The molecule has 3 rings (SSSR count). The molecule has 0 radical (unpaired) electrons. The fourth-order valence-corrected chi connectivity index (χ4v) is 7.66. The van der Waals surface area contributed by atoms with Gasteiger partial charge in [0, 0.05) is 11.3 Å². The van der Waals surface area contributed by atoms with Crippen molar-refractivity contribution < 1.29 is 21.6 Å². The number of amides is 1. The molecule has 1 fully saturated rings. The number of benzene rings is 2. The maximum absolute atomic E-state index is 12.6. The fraction of sp³-hybridized carbons (Fsp3) is 0.350. The van der Waals surface area contributed by atoms with Crippen LogP contribution in [0.3, 0.4) is 0 Å². The Hall–Kier alpha value is -2.19. The predicted octanol–water partition coefficient (Wildman–Crippen LogP) is 3.02. The molecule has 1 aliphatic heterocycles. The van der Waals surface area contributed by atoms with Gasteiger partial charge in [-0.25, -0.2) is 16.8 Å². The minimum absolute atomic E-state index is 0.0359. The lowest BCUT2D eigenvalue weighted by Crippen LogP contribution is -2.23. The summed E-state index contributed by atoms with van der Waals surface area (Å²) in [7, 11) is -7.04.